The second-order valence-corrected chi connectivity index (χ2v) is 5.93. The molecule has 0 aliphatic heterocycles. The first-order valence-corrected chi connectivity index (χ1v) is 8.62. The number of aryl methyl sites for hydroxylation is 1. The van der Waals surface area contributed by atoms with Crippen LogP contribution in [0, 0.1) is 0 Å². The number of carbonyl (C=O) groups is 1. The van der Waals surface area contributed by atoms with E-state index in [4.69, 9.17) is 5.21 Å². The molecule has 1 rings (SSSR count). The summed E-state index contributed by atoms with van der Waals surface area (Å²) in [7, 11) is 1.33. The van der Waals surface area contributed by atoms with E-state index >= 15 is 0 Å². The molecule has 0 aliphatic carbocycles. The third kappa shape index (κ3) is 6.36. The van der Waals surface area contributed by atoms with E-state index in [1.807, 2.05) is 6.26 Å². The summed E-state index contributed by atoms with van der Waals surface area (Å²) in [5.74, 6) is -0.421. The van der Waals surface area contributed by atoms with E-state index in [1.54, 1.807) is 17.8 Å². The van der Waals surface area contributed by atoms with Crippen molar-refractivity contribution in [3.05, 3.63) is 35.4 Å². The minimum absolute atomic E-state index is 0.421. The average molecular weight is 307 g/mol. The van der Waals surface area contributed by atoms with Crippen molar-refractivity contribution in [1.82, 2.24) is 5.06 Å². The van der Waals surface area contributed by atoms with E-state index < -0.39 is 5.91 Å². The normalized spacial score (nSPS) is 11.0. The molecule has 1 aromatic carbocycles. The minimum atomic E-state index is -0.421. The summed E-state index contributed by atoms with van der Waals surface area (Å²) >= 11 is 1.66. The van der Waals surface area contributed by atoms with Crippen molar-refractivity contribution in [2.45, 2.75) is 43.9 Å². The van der Waals surface area contributed by atoms with Gasteiger partial charge in [0.1, 0.15) is 0 Å². The molecule has 1 amide bonds. The lowest BCUT2D eigenvalue weighted by molar-refractivity contribution is -0.153. The number of rotatable bonds is 8. The highest BCUT2D eigenvalue weighted by Gasteiger charge is 2.04. The number of benzene rings is 1. The average Bonchev–Trinajstić information content (AvgIpc) is 2.49. The van der Waals surface area contributed by atoms with E-state index in [2.05, 4.69) is 25.1 Å². The molecular weight excluding hydrogens is 282 g/mol. The van der Waals surface area contributed by atoms with Crippen molar-refractivity contribution < 1.29 is 10.0 Å². The Kier molecular flexibility index (Phi) is 8.16. The number of likely N-dealkylation sites (N-methyl/N-ethyl adjacent to an activating group) is 1. The van der Waals surface area contributed by atoms with Crippen LogP contribution in [0.2, 0.25) is 0 Å². The first-order valence-electron chi connectivity index (χ1n) is 7.40. The van der Waals surface area contributed by atoms with E-state index in [1.165, 1.54) is 44.4 Å². The highest BCUT2D eigenvalue weighted by atomic mass is 32.2. The molecule has 0 fully saturated rings. The van der Waals surface area contributed by atoms with Crippen LogP contribution in [0.25, 0.3) is 6.08 Å². The molecule has 0 saturated carbocycles. The standard InChI is InChI=1S/C17H25NO2S/c1-4-5-6-7-8-14-9-11-16(21-3)15(13-14)10-12-17(19)18(2)20/h9-13,20H,4-8H2,1-3H3. The van der Waals surface area contributed by atoms with E-state index in [0.717, 1.165) is 16.9 Å². The molecule has 0 unspecified atom stereocenters. The molecule has 0 aromatic heterocycles. The summed E-state index contributed by atoms with van der Waals surface area (Å²) in [6.45, 7) is 2.21. The van der Waals surface area contributed by atoms with Gasteiger partial charge in [0, 0.05) is 18.0 Å². The molecule has 0 saturated heterocycles. The molecule has 4 heteroatoms. The maximum absolute atomic E-state index is 11.4. The molecule has 0 heterocycles. The quantitative estimate of drug-likeness (QED) is 0.254. The van der Waals surface area contributed by atoms with E-state index in [-0.39, 0.29) is 0 Å². The number of hydrogen-bond donors (Lipinski definition) is 1. The van der Waals surface area contributed by atoms with Crippen LogP contribution < -0.4 is 0 Å². The third-order valence-corrected chi connectivity index (χ3v) is 4.15. The maximum Gasteiger partial charge on any atom is 0.269 e. The van der Waals surface area contributed by atoms with Gasteiger partial charge < -0.3 is 0 Å². The van der Waals surface area contributed by atoms with Gasteiger partial charge in [0.25, 0.3) is 5.91 Å². The Morgan fingerprint density at radius 2 is 2.10 bits per heavy atom. The summed E-state index contributed by atoms with van der Waals surface area (Å²) in [6, 6.07) is 6.40. The zero-order chi connectivity index (χ0) is 15.7. The first kappa shape index (κ1) is 17.8. The summed E-state index contributed by atoms with van der Waals surface area (Å²) in [5.41, 5.74) is 2.33. The second-order valence-electron chi connectivity index (χ2n) is 5.08. The molecule has 0 bridgehead atoms. The number of hydrogen-bond acceptors (Lipinski definition) is 3. The lowest BCUT2D eigenvalue weighted by atomic mass is 10.0. The fourth-order valence-electron chi connectivity index (χ4n) is 2.09. The molecule has 1 aromatic rings. The summed E-state index contributed by atoms with van der Waals surface area (Å²) in [4.78, 5) is 12.6. The molecule has 1 N–H and O–H groups in total. The van der Waals surface area contributed by atoms with Crippen LogP contribution >= 0.6 is 11.8 Å². The van der Waals surface area contributed by atoms with Gasteiger partial charge in [-0.25, -0.2) is 5.06 Å². The number of hydroxylamine groups is 2. The van der Waals surface area contributed by atoms with Crippen LogP contribution in [-0.4, -0.2) is 29.5 Å². The van der Waals surface area contributed by atoms with Gasteiger partial charge in [-0.15, -0.1) is 11.8 Å². The van der Waals surface area contributed by atoms with Gasteiger partial charge in [-0.05, 0) is 42.4 Å². The van der Waals surface area contributed by atoms with Crippen molar-refractivity contribution in [2.24, 2.45) is 0 Å². The van der Waals surface area contributed by atoms with Gasteiger partial charge in [-0.3, -0.25) is 10.0 Å². The monoisotopic (exact) mass is 307 g/mol. The lowest BCUT2D eigenvalue weighted by Gasteiger charge is -2.08. The van der Waals surface area contributed by atoms with Crippen molar-refractivity contribution in [2.75, 3.05) is 13.3 Å². The largest absolute Gasteiger partial charge is 0.286 e. The number of carbonyl (C=O) groups excluding carboxylic acids is 1. The lowest BCUT2D eigenvalue weighted by Crippen LogP contribution is -2.19. The topological polar surface area (TPSA) is 40.5 Å². The van der Waals surface area contributed by atoms with Crippen molar-refractivity contribution in [1.29, 1.82) is 0 Å². The Morgan fingerprint density at radius 1 is 1.33 bits per heavy atom. The molecule has 116 valence electrons. The third-order valence-electron chi connectivity index (χ3n) is 3.34. The predicted molar refractivity (Wildman–Crippen MR) is 89.7 cm³/mol. The molecule has 21 heavy (non-hydrogen) atoms. The number of amides is 1. The zero-order valence-electron chi connectivity index (χ0n) is 13.1. The molecular formula is C17H25NO2S. The van der Waals surface area contributed by atoms with Crippen LogP contribution in [0.3, 0.4) is 0 Å². The Balaban J connectivity index is 2.78. The molecule has 3 nitrogen and oxygen atoms in total. The smallest absolute Gasteiger partial charge is 0.269 e. The van der Waals surface area contributed by atoms with Gasteiger partial charge in [0.05, 0.1) is 0 Å². The van der Waals surface area contributed by atoms with Gasteiger partial charge in [-0.2, -0.15) is 0 Å². The van der Waals surface area contributed by atoms with Crippen molar-refractivity contribution in [3.63, 3.8) is 0 Å². The minimum Gasteiger partial charge on any atom is -0.286 e. The highest BCUT2D eigenvalue weighted by molar-refractivity contribution is 7.98. The molecule has 0 radical (unpaired) electrons. The van der Waals surface area contributed by atoms with Gasteiger partial charge in [-0.1, -0.05) is 38.3 Å². The van der Waals surface area contributed by atoms with Crippen molar-refractivity contribution >= 4 is 23.7 Å². The van der Waals surface area contributed by atoms with Crippen LogP contribution in [0.1, 0.15) is 43.7 Å². The first-order chi connectivity index (χ1) is 10.1. The zero-order valence-corrected chi connectivity index (χ0v) is 13.9. The van der Waals surface area contributed by atoms with Crippen LogP contribution in [-0.2, 0) is 11.2 Å². The number of thioether (sulfide) groups is 1. The SMILES string of the molecule is CCCCCCc1ccc(SC)c(C=CC(=O)N(C)O)c1. The van der Waals surface area contributed by atoms with Gasteiger partial charge in [0.15, 0.2) is 0 Å². The number of nitrogens with zero attached hydrogens (tertiary/aromatic N) is 1. The second kappa shape index (κ2) is 9.64. The Hall–Kier alpha value is -1.26. The van der Waals surface area contributed by atoms with E-state index in [0.29, 0.717) is 5.06 Å². The fourth-order valence-corrected chi connectivity index (χ4v) is 2.66. The van der Waals surface area contributed by atoms with Crippen LogP contribution in [0.15, 0.2) is 29.2 Å². The van der Waals surface area contributed by atoms with E-state index in [9.17, 15) is 4.79 Å². The van der Waals surface area contributed by atoms with Crippen molar-refractivity contribution in [3.8, 4) is 0 Å². The van der Waals surface area contributed by atoms with Gasteiger partial charge >= 0.3 is 0 Å². The summed E-state index contributed by atoms with van der Waals surface area (Å²) in [6.07, 6.45) is 11.3. The molecule has 0 aliphatic rings. The number of unbranched alkanes of at least 4 members (excludes halogenated alkanes) is 3. The summed E-state index contributed by atoms with van der Waals surface area (Å²) < 4.78 is 0. The predicted octanol–water partition coefficient (Wildman–Crippen LogP) is 4.39. The summed E-state index contributed by atoms with van der Waals surface area (Å²) in [5, 5.41) is 9.66. The maximum atomic E-state index is 11.4. The van der Waals surface area contributed by atoms with Crippen LogP contribution in [0.5, 0.6) is 0 Å². The fraction of sp³-hybridized carbons (Fsp3) is 0.471. The highest BCUT2D eigenvalue weighted by Crippen LogP contribution is 2.24. The Bertz CT molecular complexity index is 484. The molecule has 0 atom stereocenters. The Labute approximate surface area is 132 Å². The van der Waals surface area contributed by atoms with Crippen LogP contribution in [0.4, 0.5) is 0 Å². The Morgan fingerprint density at radius 3 is 2.71 bits per heavy atom. The van der Waals surface area contributed by atoms with Gasteiger partial charge in [0.2, 0.25) is 0 Å². The molecule has 0 spiro atoms.